The Kier molecular flexibility index (Phi) is 5.28. The molecule has 0 bridgehead atoms. The molecule has 0 saturated heterocycles. The van der Waals surface area contributed by atoms with Gasteiger partial charge in [0.25, 0.3) is 0 Å². The third-order valence-corrected chi connectivity index (χ3v) is 4.14. The van der Waals surface area contributed by atoms with Crippen LogP contribution >= 0.6 is 23.4 Å². The fourth-order valence-corrected chi connectivity index (χ4v) is 3.09. The van der Waals surface area contributed by atoms with Crippen molar-refractivity contribution in [2.24, 2.45) is 5.73 Å². The fraction of sp³-hybridized carbons (Fsp3) is 0.385. The van der Waals surface area contributed by atoms with Gasteiger partial charge in [-0.3, -0.25) is 0 Å². The number of hydrogen-bond acceptors (Lipinski definition) is 5. The Morgan fingerprint density at radius 2 is 2.20 bits per heavy atom. The molecule has 0 aliphatic rings. The molecule has 1 heterocycles. The molecule has 1 aromatic carbocycles. The highest BCUT2D eigenvalue weighted by molar-refractivity contribution is 7.98. The SMILES string of the molecule is CCn1c(CN)nnc1SCc1cc(Cl)ccc1OC. The van der Waals surface area contributed by atoms with Crippen LogP contribution in [0.2, 0.25) is 5.02 Å². The van der Waals surface area contributed by atoms with Crippen LogP contribution in [-0.2, 0) is 18.8 Å². The number of rotatable bonds is 6. The number of methoxy groups -OCH3 is 1. The number of nitrogens with two attached hydrogens (primary N) is 1. The van der Waals surface area contributed by atoms with Crippen LogP contribution < -0.4 is 10.5 Å². The van der Waals surface area contributed by atoms with Gasteiger partial charge in [-0.1, -0.05) is 23.4 Å². The van der Waals surface area contributed by atoms with Crippen molar-refractivity contribution in [2.45, 2.75) is 30.9 Å². The summed E-state index contributed by atoms with van der Waals surface area (Å²) in [6.45, 7) is 3.24. The molecule has 5 nitrogen and oxygen atoms in total. The summed E-state index contributed by atoms with van der Waals surface area (Å²) in [6.07, 6.45) is 0. The zero-order chi connectivity index (χ0) is 14.5. The Morgan fingerprint density at radius 3 is 2.85 bits per heavy atom. The molecule has 0 spiro atoms. The number of hydrogen-bond donors (Lipinski definition) is 1. The molecule has 0 aliphatic carbocycles. The minimum atomic E-state index is 0.391. The van der Waals surface area contributed by atoms with Crippen LogP contribution in [0.4, 0.5) is 0 Å². The minimum absolute atomic E-state index is 0.391. The van der Waals surface area contributed by atoms with Crippen LogP contribution in [0.1, 0.15) is 18.3 Å². The van der Waals surface area contributed by atoms with E-state index in [0.29, 0.717) is 17.3 Å². The molecule has 0 atom stereocenters. The molecule has 0 saturated carbocycles. The van der Waals surface area contributed by atoms with Gasteiger partial charge in [-0.15, -0.1) is 10.2 Å². The second kappa shape index (κ2) is 6.97. The smallest absolute Gasteiger partial charge is 0.191 e. The highest BCUT2D eigenvalue weighted by Gasteiger charge is 2.11. The number of aromatic nitrogens is 3. The van der Waals surface area contributed by atoms with Crippen LogP contribution in [0.3, 0.4) is 0 Å². The molecule has 2 aromatic rings. The maximum absolute atomic E-state index is 6.03. The van der Waals surface area contributed by atoms with Gasteiger partial charge in [0.2, 0.25) is 0 Å². The Morgan fingerprint density at radius 1 is 1.40 bits per heavy atom. The van der Waals surface area contributed by atoms with Crippen molar-refractivity contribution in [3.8, 4) is 5.75 Å². The van der Waals surface area contributed by atoms with E-state index in [2.05, 4.69) is 10.2 Å². The van der Waals surface area contributed by atoms with Gasteiger partial charge >= 0.3 is 0 Å². The Labute approximate surface area is 127 Å². The largest absolute Gasteiger partial charge is 0.496 e. The molecule has 7 heteroatoms. The average Bonchev–Trinajstić information content (AvgIpc) is 2.87. The van der Waals surface area contributed by atoms with Crippen LogP contribution in [0, 0.1) is 0 Å². The van der Waals surface area contributed by atoms with Gasteiger partial charge in [0.05, 0.1) is 13.7 Å². The fourth-order valence-electron chi connectivity index (χ4n) is 1.90. The molecule has 20 heavy (non-hydrogen) atoms. The van der Waals surface area contributed by atoms with E-state index in [1.807, 2.05) is 29.7 Å². The number of halogens is 1. The number of thioether (sulfide) groups is 1. The summed E-state index contributed by atoms with van der Waals surface area (Å²) in [5.74, 6) is 2.34. The summed E-state index contributed by atoms with van der Waals surface area (Å²) < 4.78 is 7.35. The van der Waals surface area contributed by atoms with Crippen molar-refractivity contribution in [3.63, 3.8) is 0 Å². The van der Waals surface area contributed by atoms with E-state index in [9.17, 15) is 0 Å². The molecule has 0 aliphatic heterocycles. The second-order valence-corrected chi connectivity index (χ2v) is 5.47. The molecule has 1 aromatic heterocycles. The first-order chi connectivity index (χ1) is 9.69. The minimum Gasteiger partial charge on any atom is -0.496 e. The van der Waals surface area contributed by atoms with Gasteiger partial charge in [-0.2, -0.15) is 0 Å². The zero-order valence-electron chi connectivity index (χ0n) is 11.5. The molecular formula is C13H17ClN4OS. The van der Waals surface area contributed by atoms with E-state index in [-0.39, 0.29) is 0 Å². The summed E-state index contributed by atoms with van der Waals surface area (Å²) in [5, 5.41) is 9.81. The topological polar surface area (TPSA) is 66.0 Å². The highest BCUT2D eigenvalue weighted by atomic mass is 35.5. The molecule has 0 radical (unpaired) electrons. The van der Waals surface area contributed by atoms with Gasteiger partial charge in [-0.05, 0) is 25.1 Å². The number of nitrogens with zero attached hydrogens (tertiary/aromatic N) is 3. The van der Waals surface area contributed by atoms with E-state index in [0.717, 1.165) is 28.8 Å². The normalized spacial score (nSPS) is 10.8. The van der Waals surface area contributed by atoms with Gasteiger partial charge in [0, 0.05) is 22.9 Å². The average molecular weight is 313 g/mol. The number of ether oxygens (including phenoxy) is 1. The summed E-state index contributed by atoms with van der Waals surface area (Å²) in [5.41, 5.74) is 6.67. The maximum Gasteiger partial charge on any atom is 0.191 e. The van der Waals surface area contributed by atoms with E-state index >= 15 is 0 Å². The van der Waals surface area contributed by atoms with Crippen molar-refractivity contribution in [3.05, 3.63) is 34.6 Å². The van der Waals surface area contributed by atoms with Gasteiger partial charge in [-0.25, -0.2) is 0 Å². The first-order valence-electron chi connectivity index (χ1n) is 6.27. The van der Waals surface area contributed by atoms with Crippen molar-refractivity contribution in [1.82, 2.24) is 14.8 Å². The Hall–Kier alpha value is -1.24. The third-order valence-electron chi connectivity index (χ3n) is 2.89. The molecule has 0 fully saturated rings. The lowest BCUT2D eigenvalue weighted by molar-refractivity contribution is 0.411. The lowest BCUT2D eigenvalue weighted by Crippen LogP contribution is -2.08. The van der Waals surface area contributed by atoms with Gasteiger partial charge in [0.1, 0.15) is 11.6 Å². The van der Waals surface area contributed by atoms with Crippen molar-refractivity contribution in [2.75, 3.05) is 7.11 Å². The molecule has 0 unspecified atom stereocenters. The van der Waals surface area contributed by atoms with E-state index in [4.69, 9.17) is 22.1 Å². The Balaban J connectivity index is 2.16. The summed E-state index contributed by atoms with van der Waals surface area (Å²) in [6, 6.07) is 5.59. The highest BCUT2D eigenvalue weighted by Crippen LogP contribution is 2.29. The quantitative estimate of drug-likeness (QED) is 0.831. The molecular weight excluding hydrogens is 296 g/mol. The first-order valence-corrected chi connectivity index (χ1v) is 7.63. The summed E-state index contributed by atoms with van der Waals surface area (Å²) in [7, 11) is 1.65. The molecule has 108 valence electrons. The third kappa shape index (κ3) is 3.26. The van der Waals surface area contributed by atoms with Crippen LogP contribution in [0.25, 0.3) is 0 Å². The van der Waals surface area contributed by atoms with Crippen molar-refractivity contribution >= 4 is 23.4 Å². The van der Waals surface area contributed by atoms with Gasteiger partial charge in [0.15, 0.2) is 5.16 Å². The predicted octanol–water partition coefficient (Wildman–Crippen LogP) is 2.71. The summed E-state index contributed by atoms with van der Waals surface area (Å²) >= 11 is 7.62. The van der Waals surface area contributed by atoms with Crippen LogP contribution in [-0.4, -0.2) is 21.9 Å². The maximum atomic E-state index is 6.03. The molecule has 0 amide bonds. The van der Waals surface area contributed by atoms with Crippen LogP contribution in [0.5, 0.6) is 5.75 Å². The summed E-state index contributed by atoms with van der Waals surface area (Å²) in [4.78, 5) is 0. The van der Waals surface area contributed by atoms with E-state index < -0.39 is 0 Å². The van der Waals surface area contributed by atoms with Crippen molar-refractivity contribution in [1.29, 1.82) is 0 Å². The molecule has 2 rings (SSSR count). The second-order valence-electron chi connectivity index (χ2n) is 4.09. The number of benzene rings is 1. The molecule has 2 N–H and O–H groups in total. The monoisotopic (exact) mass is 312 g/mol. The predicted molar refractivity (Wildman–Crippen MR) is 81.2 cm³/mol. The Bertz CT molecular complexity index is 588. The first kappa shape index (κ1) is 15.2. The van der Waals surface area contributed by atoms with E-state index in [1.165, 1.54) is 0 Å². The van der Waals surface area contributed by atoms with Gasteiger partial charge < -0.3 is 15.0 Å². The standard InChI is InChI=1S/C13H17ClN4OS/c1-3-18-12(7-15)16-17-13(18)20-8-9-6-10(14)4-5-11(9)19-2/h4-6H,3,7-8,15H2,1-2H3. The lowest BCUT2D eigenvalue weighted by atomic mass is 10.2. The van der Waals surface area contributed by atoms with Crippen LogP contribution in [0.15, 0.2) is 23.4 Å². The van der Waals surface area contributed by atoms with E-state index in [1.54, 1.807) is 18.9 Å². The lowest BCUT2D eigenvalue weighted by Gasteiger charge is -2.09. The zero-order valence-corrected chi connectivity index (χ0v) is 13.0. The van der Waals surface area contributed by atoms with Crippen molar-refractivity contribution < 1.29 is 4.74 Å².